The molecule has 8 nitrogen and oxygen atoms in total. The Bertz CT molecular complexity index is 1100. The first-order valence-electron chi connectivity index (χ1n) is 12.2. The van der Waals surface area contributed by atoms with Crippen molar-refractivity contribution in [2.45, 2.75) is 82.4 Å². The Hall–Kier alpha value is -2.20. The van der Waals surface area contributed by atoms with Crippen LogP contribution in [0.5, 0.6) is 0 Å². The summed E-state index contributed by atoms with van der Waals surface area (Å²) in [6.45, 7) is 13.1. The standard InChI is InChI=1S/C26H39N3O5SSi/c1-21-14-16-23(17-15-21)35(30,31)33-18-10-13-24(32-20-22-11-8-7-9-12-22)25(19-28-29-27)34-36(5,6)26(2,3)4/h7-9,11-12,14-17,24-25H,10,13,18-20H2,1-6H3/t24-,25+/m1/s1. The molecule has 0 saturated carbocycles. The molecule has 10 heteroatoms. The lowest BCUT2D eigenvalue weighted by atomic mass is 10.1. The highest BCUT2D eigenvalue weighted by Crippen LogP contribution is 2.38. The maximum absolute atomic E-state index is 12.5. The van der Waals surface area contributed by atoms with Crippen molar-refractivity contribution in [2.24, 2.45) is 5.11 Å². The van der Waals surface area contributed by atoms with Gasteiger partial charge in [-0.3, -0.25) is 4.18 Å². The number of nitrogens with zero attached hydrogens (tertiary/aromatic N) is 3. The molecule has 2 aromatic carbocycles. The largest absolute Gasteiger partial charge is 0.411 e. The predicted octanol–water partition coefficient (Wildman–Crippen LogP) is 6.77. The molecule has 0 unspecified atom stereocenters. The minimum Gasteiger partial charge on any atom is -0.411 e. The molecule has 2 aromatic rings. The molecule has 0 heterocycles. The number of aryl methyl sites for hydroxylation is 1. The molecule has 2 rings (SSSR count). The zero-order chi connectivity index (χ0) is 26.8. The first-order chi connectivity index (χ1) is 16.9. The highest BCUT2D eigenvalue weighted by molar-refractivity contribution is 7.86. The number of hydrogen-bond donors (Lipinski definition) is 0. The Morgan fingerprint density at radius 1 is 1.03 bits per heavy atom. The second-order valence-electron chi connectivity index (χ2n) is 10.4. The van der Waals surface area contributed by atoms with E-state index in [0.29, 0.717) is 19.4 Å². The molecule has 0 spiro atoms. The summed E-state index contributed by atoms with van der Waals surface area (Å²) in [6.07, 6.45) is 0.0454. The van der Waals surface area contributed by atoms with Gasteiger partial charge in [-0.1, -0.05) is 73.9 Å². The maximum Gasteiger partial charge on any atom is 0.296 e. The summed E-state index contributed by atoms with van der Waals surface area (Å²) in [6, 6.07) is 16.3. The summed E-state index contributed by atoms with van der Waals surface area (Å²) >= 11 is 0. The molecule has 0 aliphatic rings. The monoisotopic (exact) mass is 533 g/mol. The summed E-state index contributed by atoms with van der Waals surface area (Å²) in [4.78, 5) is 3.07. The summed E-state index contributed by atoms with van der Waals surface area (Å²) in [5, 5.41) is 3.75. The Balaban J connectivity index is 2.14. The Labute approximate surface area is 216 Å². The molecular weight excluding hydrogens is 494 g/mol. The summed E-state index contributed by atoms with van der Waals surface area (Å²) in [5.41, 5.74) is 11.0. The van der Waals surface area contributed by atoms with Crippen molar-refractivity contribution in [3.05, 3.63) is 76.2 Å². The third kappa shape index (κ3) is 9.35. The molecule has 0 aliphatic heterocycles. The molecule has 0 aromatic heterocycles. The van der Waals surface area contributed by atoms with Crippen LogP contribution in [0.2, 0.25) is 18.1 Å². The normalized spacial score (nSPS) is 14.2. The average Bonchev–Trinajstić information content (AvgIpc) is 2.81. The first kappa shape index (κ1) is 30.0. The van der Waals surface area contributed by atoms with E-state index in [-0.39, 0.29) is 23.1 Å². The van der Waals surface area contributed by atoms with Gasteiger partial charge in [0.15, 0.2) is 8.32 Å². The molecule has 0 fully saturated rings. The first-order valence-corrected chi connectivity index (χ1v) is 16.5. The smallest absolute Gasteiger partial charge is 0.296 e. The zero-order valence-electron chi connectivity index (χ0n) is 22.2. The van der Waals surface area contributed by atoms with Gasteiger partial charge < -0.3 is 9.16 Å². The van der Waals surface area contributed by atoms with Crippen LogP contribution in [-0.4, -0.2) is 42.1 Å². The Morgan fingerprint density at radius 3 is 2.25 bits per heavy atom. The highest BCUT2D eigenvalue weighted by Gasteiger charge is 2.40. The fraction of sp³-hybridized carbons (Fsp3) is 0.538. The molecular formula is C26H39N3O5SSi. The van der Waals surface area contributed by atoms with Crippen LogP contribution in [0.15, 0.2) is 64.6 Å². The Kier molecular flexibility index (Phi) is 11.2. The molecule has 0 radical (unpaired) electrons. The van der Waals surface area contributed by atoms with Gasteiger partial charge in [-0.15, -0.1) is 0 Å². The van der Waals surface area contributed by atoms with Crippen LogP contribution in [0.1, 0.15) is 44.7 Å². The SMILES string of the molecule is Cc1ccc(S(=O)(=O)OCCC[C@@H](OCc2ccccc2)[C@H](CN=[N+]=[N-])O[Si](C)(C)C(C)(C)C)cc1. The van der Waals surface area contributed by atoms with Crippen LogP contribution in [-0.2, 0) is 30.1 Å². The van der Waals surface area contributed by atoms with Crippen LogP contribution < -0.4 is 0 Å². The van der Waals surface area contributed by atoms with E-state index in [0.717, 1.165) is 11.1 Å². The van der Waals surface area contributed by atoms with E-state index in [2.05, 4.69) is 43.9 Å². The van der Waals surface area contributed by atoms with Crippen LogP contribution in [0, 0.1) is 6.92 Å². The average molecular weight is 534 g/mol. The molecule has 198 valence electrons. The second-order valence-corrected chi connectivity index (χ2v) is 16.8. The topological polar surface area (TPSA) is 111 Å². The quantitative estimate of drug-likeness (QED) is 0.0664. The summed E-state index contributed by atoms with van der Waals surface area (Å²) < 4.78 is 43.3. The minimum absolute atomic E-state index is 0.00966. The van der Waals surface area contributed by atoms with Crippen molar-refractivity contribution in [1.82, 2.24) is 0 Å². The fourth-order valence-corrected chi connectivity index (χ4v) is 5.56. The number of hydrogen-bond acceptors (Lipinski definition) is 6. The Morgan fingerprint density at radius 2 is 1.67 bits per heavy atom. The van der Waals surface area contributed by atoms with Crippen LogP contribution in [0.3, 0.4) is 0 Å². The van der Waals surface area contributed by atoms with Crippen molar-refractivity contribution in [3.63, 3.8) is 0 Å². The molecule has 0 N–H and O–H groups in total. The van der Waals surface area contributed by atoms with Crippen molar-refractivity contribution in [3.8, 4) is 0 Å². The fourth-order valence-electron chi connectivity index (χ4n) is 3.28. The van der Waals surface area contributed by atoms with Gasteiger partial charge in [0.05, 0.1) is 36.9 Å². The number of ether oxygens (including phenoxy) is 1. The van der Waals surface area contributed by atoms with E-state index in [1.807, 2.05) is 37.3 Å². The van der Waals surface area contributed by atoms with Gasteiger partial charge in [0.1, 0.15) is 0 Å². The van der Waals surface area contributed by atoms with Crippen molar-refractivity contribution in [1.29, 1.82) is 0 Å². The molecule has 0 saturated heterocycles. The lowest BCUT2D eigenvalue weighted by molar-refractivity contribution is -0.0422. The van der Waals surface area contributed by atoms with Crippen molar-refractivity contribution in [2.75, 3.05) is 13.2 Å². The van der Waals surface area contributed by atoms with Crippen molar-refractivity contribution >= 4 is 18.4 Å². The van der Waals surface area contributed by atoms with E-state index < -0.39 is 30.6 Å². The van der Waals surface area contributed by atoms with E-state index in [1.54, 1.807) is 24.3 Å². The van der Waals surface area contributed by atoms with E-state index in [4.69, 9.17) is 18.9 Å². The predicted molar refractivity (Wildman–Crippen MR) is 145 cm³/mol. The number of rotatable bonds is 14. The van der Waals surface area contributed by atoms with Crippen molar-refractivity contribution < 1.29 is 21.8 Å². The third-order valence-electron chi connectivity index (χ3n) is 6.48. The maximum atomic E-state index is 12.5. The lowest BCUT2D eigenvalue weighted by Crippen LogP contribution is -2.48. The van der Waals surface area contributed by atoms with Crippen LogP contribution in [0.25, 0.3) is 10.4 Å². The zero-order valence-corrected chi connectivity index (χ0v) is 24.0. The minimum atomic E-state index is -3.84. The van der Waals surface area contributed by atoms with Gasteiger partial charge in [0, 0.05) is 4.91 Å². The van der Waals surface area contributed by atoms with E-state index in [1.165, 1.54) is 0 Å². The number of benzene rings is 2. The van der Waals surface area contributed by atoms with Crippen LogP contribution >= 0.6 is 0 Å². The highest BCUT2D eigenvalue weighted by atomic mass is 32.2. The van der Waals surface area contributed by atoms with Gasteiger partial charge in [-0.05, 0) is 61.1 Å². The van der Waals surface area contributed by atoms with Gasteiger partial charge in [-0.2, -0.15) is 8.42 Å². The van der Waals surface area contributed by atoms with Gasteiger partial charge >= 0.3 is 0 Å². The van der Waals surface area contributed by atoms with E-state index in [9.17, 15) is 8.42 Å². The van der Waals surface area contributed by atoms with E-state index >= 15 is 0 Å². The second kappa shape index (κ2) is 13.4. The van der Waals surface area contributed by atoms with Gasteiger partial charge in [0.2, 0.25) is 0 Å². The molecule has 2 atom stereocenters. The molecule has 0 bridgehead atoms. The third-order valence-corrected chi connectivity index (χ3v) is 12.3. The lowest BCUT2D eigenvalue weighted by Gasteiger charge is -2.41. The van der Waals surface area contributed by atoms with Crippen LogP contribution in [0.4, 0.5) is 0 Å². The number of azide groups is 1. The molecule has 0 amide bonds. The van der Waals surface area contributed by atoms with Gasteiger partial charge in [0.25, 0.3) is 10.1 Å². The van der Waals surface area contributed by atoms with Gasteiger partial charge in [-0.25, -0.2) is 0 Å². The summed E-state index contributed by atoms with van der Waals surface area (Å²) in [5.74, 6) is 0. The molecule has 36 heavy (non-hydrogen) atoms. The molecule has 0 aliphatic carbocycles. The summed E-state index contributed by atoms with van der Waals surface area (Å²) in [7, 11) is -6.05.